The number of rotatable bonds is 6. The van der Waals surface area contributed by atoms with Crippen LogP contribution < -0.4 is 10.1 Å². The number of hydrogen-bond acceptors (Lipinski definition) is 4. The third-order valence-electron chi connectivity index (χ3n) is 6.42. The standard InChI is InChI=1S/C22H29NO4/c1-14-4-3-5-19(6-14)27-15(2)21(25)26-13-20(24)23-22-10-16-7-17(11-22)9-18(8-16)12-22/h3-6,15-18H,7-13H2,1-2H3,(H,23,24)/t15-,16?,17?,18?,22?/m0/s1. The van der Waals surface area contributed by atoms with Crippen molar-refractivity contribution < 1.29 is 19.1 Å². The molecule has 5 nitrogen and oxygen atoms in total. The first-order valence-electron chi connectivity index (χ1n) is 10.1. The molecule has 1 amide bonds. The van der Waals surface area contributed by atoms with Crippen molar-refractivity contribution in [3.63, 3.8) is 0 Å². The molecule has 0 heterocycles. The predicted molar refractivity (Wildman–Crippen MR) is 101 cm³/mol. The average molecular weight is 371 g/mol. The number of carbonyl (C=O) groups excluding carboxylic acids is 2. The van der Waals surface area contributed by atoms with Crippen molar-refractivity contribution in [3.8, 4) is 5.75 Å². The largest absolute Gasteiger partial charge is 0.479 e. The molecule has 0 saturated heterocycles. The van der Waals surface area contributed by atoms with Crippen LogP contribution in [0.15, 0.2) is 24.3 Å². The topological polar surface area (TPSA) is 64.6 Å². The van der Waals surface area contributed by atoms with Gasteiger partial charge in [0.25, 0.3) is 5.91 Å². The quantitative estimate of drug-likeness (QED) is 0.779. The van der Waals surface area contributed by atoms with Gasteiger partial charge < -0.3 is 14.8 Å². The smallest absolute Gasteiger partial charge is 0.347 e. The molecule has 27 heavy (non-hydrogen) atoms. The second-order valence-electron chi connectivity index (χ2n) is 8.93. The van der Waals surface area contributed by atoms with Crippen LogP contribution in [0.2, 0.25) is 0 Å². The van der Waals surface area contributed by atoms with E-state index in [4.69, 9.17) is 9.47 Å². The Morgan fingerprint density at radius 2 is 1.78 bits per heavy atom. The molecular weight excluding hydrogens is 342 g/mol. The van der Waals surface area contributed by atoms with E-state index in [2.05, 4.69) is 5.32 Å². The maximum Gasteiger partial charge on any atom is 0.347 e. The van der Waals surface area contributed by atoms with E-state index >= 15 is 0 Å². The number of hydrogen-bond donors (Lipinski definition) is 1. The van der Waals surface area contributed by atoms with Gasteiger partial charge in [0.15, 0.2) is 12.7 Å². The predicted octanol–water partition coefficient (Wildman–Crippen LogP) is 3.39. The highest BCUT2D eigenvalue weighted by molar-refractivity contribution is 5.82. The van der Waals surface area contributed by atoms with E-state index in [1.165, 1.54) is 19.3 Å². The Kier molecular flexibility index (Phi) is 4.87. The van der Waals surface area contributed by atoms with Crippen LogP contribution >= 0.6 is 0 Å². The van der Waals surface area contributed by atoms with Gasteiger partial charge in [-0.2, -0.15) is 0 Å². The molecule has 1 aromatic carbocycles. The molecule has 4 fully saturated rings. The summed E-state index contributed by atoms with van der Waals surface area (Å²) < 4.78 is 10.8. The third kappa shape index (κ3) is 4.12. The summed E-state index contributed by atoms with van der Waals surface area (Å²) in [5.41, 5.74) is 1.00. The highest BCUT2D eigenvalue weighted by Crippen LogP contribution is 2.55. The Morgan fingerprint density at radius 3 is 2.37 bits per heavy atom. The van der Waals surface area contributed by atoms with Crippen molar-refractivity contribution in [1.82, 2.24) is 5.32 Å². The summed E-state index contributed by atoms with van der Waals surface area (Å²) in [6, 6.07) is 7.51. The van der Waals surface area contributed by atoms with Crippen LogP contribution in [0, 0.1) is 24.7 Å². The van der Waals surface area contributed by atoms with Gasteiger partial charge in [-0.25, -0.2) is 4.79 Å². The lowest BCUT2D eigenvalue weighted by atomic mass is 9.53. The molecule has 146 valence electrons. The van der Waals surface area contributed by atoms with Gasteiger partial charge in [-0.3, -0.25) is 4.79 Å². The maximum atomic E-state index is 12.4. The molecule has 1 atom stereocenters. The monoisotopic (exact) mass is 371 g/mol. The molecule has 1 aromatic rings. The summed E-state index contributed by atoms with van der Waals surface area (Å²) in [5, 5.41) is 3.22. The first-order valence-corrected chi connectivity index (χ1v) is 10.1. The molecule has 0 radical (unpaired) electrons. The third-order valence-corrected chi connectivity index (χ3v) is 6.42. The van der Waals surface area contributed by atoms with Crippen LogP contribution in [0.1, 0.15) is 51.0 Å². The Hall–Kier alpha value is -2.04. The fraction of sp³-hybridized carbons (Fsp3) is 0.636. The molecule has 4 bridgehead atoms. The van der Waals surface area contributed by atoms with Gasteiger partial charge in [-0.05, 0) is 87.8 Å². The Balaban J connectivity index is 1.26. The van der Waals surface area contributed by atoms with E-state index in [-0.39, 0.29) is 18.1 Å². The van der Waals surface area contributed by atoms with Crippen molar-refractivity contribution in [2.24, 2.45) is 17.8 Å². The Bertz CT molecular complexity index is 693. The summed E-state index contributed by atoms with van der Waals surface area (Å²) in [7, 11) is 0. The second-order valence-corrected chi connectivity index (χ2v) is 8.93. The molecule has 4 aliphatic rings. The van der Waals surface area contributed by atoms with E-state index in [1.54, 1.807) is 13.0 Å². The highest BCUT2D eigenvalue weighted by atomic mass is 16.6. The minimum Gasteiger partial charge on any atom is -0.479 e. The van der Waals surface area contributed by atoms with Gasteiger partial charge >= 0.3 is 5.97 Å². The molecular formula is C22H29NO4. The minimum absolute atomic E-state index is 0.0536. The molecule has 5 rings (SSSR count). The molecule has 0 spiro atoms. The summed E-state index contributed by atoms with van der Waals surface area (Å²) in [4.78, 5) is 24.6. The number of aryl methyl sites for hydroxylation is 1. The zero-order chi connectivity index (χ0) is 19.0. The van der Waals surface area contributed by atoms with Crippen LogP contribution in [0.25, 0.3) is 0 Å². The molecule has 1 N–H and O–H groups in total. The van der Waals surface area contributed by atoms with Crippen LogP contribution in [-0.2, 0) is 14.3 Å². The number of carbonyl (C=O) groups is 2. The molecule has 5 heteroatoms. The lowest BCUT2D eigenvalue weighted by Crippen LogP contribution is -2.60. The number of nitrogens with one attached hydrogen (secondary N) is 1. The first-order chi connectivity index (χ1) is 12.9. The van der Waals surface area contributed by atoms with Crippen molar-refractivity contribution in [3.05, 3.63) is 29.8 Å². The van der Waals surface area contributed by atoms with Crippen LogP contribution in [0.4, 0.5) is 0 Å². The van der Waals surface area contributed by atoms with Crippen molar-refractivity contribution >= 4 is 11.9 Å². The Labute approximate surface area is 160 Å². The molecule has 0 unspecified atom stereocenters. The minimum atomic E-state index is -0.751. The average Bonchev–Trinajstić information content (AvgIpc) is 2.58. The molecule has 0 aliphatic heterocycles. The fourth-order valence-corrected chi connectivity index (χ4v) is 5.79. The van der Waals surface area contributed by atoms with Gasteiger partial charge in [-0.1, -0.05) is 12.1 Å². The van der Waals surface area contributed by atoms with Gasteiger partial charge in [0.05, 0.1) is 0 Å². The SMILES string of the molecule is Cc1cccc(O[C@@H](C)C(=O)OCC(=O)NC23CC4CC(CC(C4)C2)C3)c1. The number of esters is 1. The maximum absolute atomic E-state index is 12.4. The van der Waals surface area contributed by atoms with Gasteiger partial charge in [-0.15, -0.1) is 0 Å². The fourth-order valence-electron chi connectivity index (χ4n) is 5.79. The number of ether oxygens (including phenoxy) is 2. The van der Waals surface area contributed by atoms with E-state index in [9.17, 15) is 9.59 Å². The molecule has 0 aromatic heterocycles. The van der Waals surface area contributed by atoms with E-state index in [0.717, 1.165) is 42.6 Å². The van der Waals surface area contributed by atoms with Gasteiger partial charge in [0, 0.05) is 5.54 Å². The van der Waals surface area contributed by atoms with Gasteiger partial charge in [0.2, 0.25) is 0 Å². The zero-order valence-corrected chi connectivity index (χ0v) is 16.2. The summed E-state index contributed by atoms with van der Waals surface area (Å²) >= 11 is 0. The lowest BCUT2D eigenvalue weighted by molar-refractivity contribution is -0.155. The van der Waals surface area contributed by atoms with Gasteiger partial charge in [0.1, 0.15) is 5.75 Å². The van der Waals surface area contributed by atoms with E-state index in [0.29, 0.717) is 5.75 Å². The van der Waals surface area contributed by atoms with Crippen molar-refractivity contribution in [2.75, 3.05) is 6.61 Å². The van der Waals surface area contributed by atoms with Crippen molar-refractivity contribution in [2.45, 2.75) is 64.0 Å². The summed E-state index contributed by atoms with van der Waals surface area (Å²) in [6.07, 6.45) is 6.51. The highest BCUT2D eigenvalue weighted by Gasteiger charge is 2.51. The summed E-state index contributed by atoms with van der Waals surface area (Å²) in [5.74, 6) is 2.22. The normalized spacial score (nSPS) is 32.0. The first kappa shape index (κ1) is 18.3. The second kappa shape index (κ2) is 7.17. The number of benzene rings is 1. The Morgan fingerprint density at radius 1 is 1.15 bits per heavy atom. The zero-order valence-electron chi connectivity index (χ0n) is 16.2. The van der Waals surface area contributed by atoms with Crippen molar-refractivity contribution in [1.29, 1.82) is 0 Å². The lowest BCUT2D eigenvalue weighted by Gasteiger charge is -2.56. The molecule has 4 saturated carbocycles. The van der Waals surface area contributed by atoms with Crippen LogP contribution in [-0.4, -0.2) is 30.1 Å². The van der Waals surface area contributed by atoms with E-state index < -0.39 is 12.1 Å². The summed E-state index contributed by atoms with van der Waals surface area (Å²) in [6.45, 7) is 3.37. The van der Waals surface area contributed by atoms with Crippen LogP contribution in [0.5, 0.6) is 5.75 Å². The molecule has 4 aliphatic carbocycles. The van der Waals surface area contributed by atoms with E-state index in [1.807, 2.05) is 25.1 Å². The number of amides is 1. The van der Waals surface area contributed by atoms with Crippen LogP contribution in [0.3, 0.4) is 0 Å².